The molecular weight excluding hydrogens is 170 g/mol. The molecule has 0 atom stereocenters. The average molecular weight is 185 g/mol. The summed E-state index contributed by atoms with van der Waals surface area (Å²) >= 11 is 0. The van der Waals surface area contributed by atoms with E-state index in [1.807, 2.05) is 0 Å². The van der Waals surface area contributed by atoms with Gasteiger partial charge in [0, 0.05) is 23.6 Å². The van der Waals surface area contributed by atoms with Crippen LogP contribution in [0, 0.1) is 0 Å². The van der Waals surface area contributed by atoms with E-state index in [9.17, 15) is 0 Å². The summed E-state index contributed by atoms with van der Waals surface area (Å²) < 4.78 is 2.22. The van der Waals surface area contributed by atoms with E-state index in [2.05, 4.69) is 61.9 Å². The lowest BCUT2D eigenvalue weighted by Crippen LogP contribution is -1.89. The fourth-order valence-electron chi connectivity index (χ4n) is 1.74. The van der Waals surface area contributed by atoms with Crippen molar-refractivity contribution < 1.29 is 0 Å². The summed E-state index contributed by atoms with van der Waals surface area (Å²) in [5.74, 6) is 0. The summed E-state index contributed by atoms with van der Waals surface area (Å²) in [6.07, 6.45) is 2.21. The smallest absolute Gasteiger partial charge is 0.0482 e. The van der Waals surface area contributed by atoms with E-state index in [1.165, 1.54) is 22.2 Å². The number of aromatic nitrogens is 1. The van der Waals surface area contributed by atoms with E-state index in [0.29, 0.717) is 0 Å². The molecule has 1 aromatic carbocycles. The molecule has 2 rings (SSSR count). The average Bonchev–Trinajstić information content (AvgIpc) is 2.44. The van der Waals surface area contributed by atoms with E-state index in [0.717, 1.165) is 0 Å². The van der Waals surface area contributed by atoms with E-state index < -0.39 is 0 Å². The van der Waals surface area contributed by atoms with Gasteiger partial charge in [-0.3, -0.25) is 0 Å². The molecule has 0 radical (unpaired) electrons. The van der Waals surface area contributed by atoms with Crippen LogP contribution in [0.1, 0.15) is 19.5 Å². The van der Waals surface area contributed by atoms with Crippen LogP contribution in [0.3, 0.4) is 0 Å². The first-order chi connectivity index (χ1) is 6.68. The molecular formula is C13H15N. The first-order valence-corrected chi connectivity index (χ1v) is 4.88. The van der Waals surface area contributed by atoms with Crippen LogP contribution < -0.4 is 0 Å². The Labute approximate surface area is 84.7 Å². The quantitative estimate of drug-likeness (QED) is 0.639. The zero-order valence-corrected chi connectivity index (χ0v) is 8.91. The highest BCUT2D eigenvalue weighted by molar-refractivity contribution is 5.83. The number of para-hydroxylation sites is 1. The summed E-state index contributed by atoms with van der Waals surface area (Å²) in [5.41, 5.74) is 3.89. The van der Waals surface area contributed by atoms with Crippen molar-refractivity contribution in [3.63, 3.8) is 0 Å². The lowest BCUT2D eigenvalue weighted by Gasteiger charge is -1.99. The molecule has 0 aliphatic heterocycles. The topological polar surface area (TPSA) is 4.93 Å². The predicted molar refractivity (Wildman–Crippen MR) is 62.2 cm³/mol. The molecule has 0 saturated heterocycles. The predicted octanol–water partition coefficient (Wildman–Crippen LogP) is 3.60. The first kappa shape index (κ1) is 9.07. The maximum absolute atomic E-state index is 2.22. The van der Waals surface area contributed by atoms with Crippen LogP contribution in [-0.2, 0) is 7.05 Å². The molecule has 0 aliphatic carbocycles. The maximum atomic E-state index is 2.22. The van der Waals surface area contributed by atoms with Gasteiger partial charge in [0.15, 0.2) is 0 Å². The van der Waals surface area contributed by atoms with Crippen molar-refractivity contribution in [2.75, 3.05) is 0 Å². The molecule has 0 spiro atoms. The molecule has 1 heteroatoms. The van der Waals surface area contributed by atoms with Gasteiger partial charge in [0.1, 0.15) is 0 Å². The minimum Gasteiger partial charge on any atom is -0.344 e. The number of fused-ring (bicyclic) bond motifs is 1. The normalized spacial score (nSPS) is 10.5. The molecule has 72 valence electrons. The highest BCUT2D eigenvalue weighted by Crippen LogP contribution is 2.19. The highest BCUT2D eigenvalue weighted by Gasteiger charge is 2.01. The molecule has 0 aliphatic rings. The minimum absolute atomic E-state index is 1.27. The summed E-state index contributed by atoms with van der Waals surface area (Å²) in [6.45, 7) is 4.25. The summed E-state index contributed by atoms with van der Waals surface area (Å²) in [6, 6.07) is 10.7. The zero-order chi connectivity index (χ0) is 10.1. The lowest BCUT2D eigenvalue weighted by molar-refractivity contribution is 0.953. The fourth-order valence-corrected chi connectivity index (χ4v) is 1.74. The number of nitrogens with zero attached hydrogens (tertiary/aromatic N) is 1. The zero-order valence-electron chi connectivity index (χ0n) is 8.91. The van der Waals surface area contributed by atoms with Gasteiger partial charge in [0.05, 0.1) is 0 Å². The Morgan fingerprint density at radius 3 is 2.57 bits per heavy atom. The van der Waals surface area contributed by atoms with Crippen molar-refractivity contribution in [1.82, 2.24) is 4.57 Å². The third-order valence-electron chi connectivity index (χ3n) is 2.43. The highest BCUT2D eigenvalue weighted by atomic mass is 14.9. The fraction of sp³-hybridized carbons (Fsp3) is 0.231. The molecule has 0 N–H and O–H groups in total. The van der Waals surface area contributed by atoms with Gasteiger partial charge in [-0.15, -0.1) is 0 Å². The Bertz CT molecular complexity index is 485. The summed E-state index contributed by atoms with van der Waals surface area (Å²) in [5, 5.41) is 1.31. The second-order valence-electron chi connectivity index (χ2n) is 3.91. The van der Waals surface area contributed by atoms with Crippen LogP contribution in [0.5, 0.6) is 0 Å². The first-order valence-electron chi connectivity index (χ1n) is 4.88. The molecule has 1 heterocycles. The molecule has 0 amide bonds. The van der Waals surface area contributed by atoms with Crippen LogP contribution >= 0.6 is 0 Å². The van der Waals surface area contributed by atoms with Gasteiger partial charge in [0.25, 0.3) is 0 Å². The number of benzene rings is 1. The van der Waals surface area contributed by atoms with Crippen molar-refractivity contribution in [3.05, 3.63) is 41.6 Å². The van der Waals surface area contributed by atoms with E-state index in [4.69, 9.17) is 0 Å². The van der Waals surface area contributed by atoms with Gasteiger partial charge in [-0.25, -0.2) is 0 Å². The van der Waals surface area contributed by atoms with E-state index in [1.54, 1.807) is 0 Å². The molecule has 0 saturated carbocycles. The molecule has 14 heavy (non-hydrogen) atoms. The Morgan fingerprint density at radius 1 is 1.21 bits per heavy atom. The van der Waals surface area contributed by atoms with Crippen LogP contribution in [0.15, 0.2) is 35.9 Å². The Balaban J connectivity index is 2.69. The summed E-state index contributed by atoms with van der Waals surface area (Å²) in [4.78, 5) is 0. The van der Waals surface area contributed by atoms with Gasteiger partial charge in [-0.1, -0.05) is 23.8 Å². The van der Waals surface area contributed by atoms with Crippen LogP contribution in [0.25, 0.3) is 17.0 Å². The molecule has 2 aromatic rings. The Hall–Kier alpha value is -1.50. The third kappa shape index (κ3) is 1.46. The van der Waals surface area contributed by atoms with Gasteiger partial charge in [-0.2, -0.15) is 0 Å². The van der Waals surface area contributed by atoms with Gasteiger partial charge >= 0.3 is 0 Å². The largest absolute Gasteiger partial charge is 0.344 e. The van der Waals surface area contributed by atoms with Crippen LogP contribution in [0.4, 0.5) is 0 Å². The number of allylic oxidation sites excluding steroid dienone is 1. The second kappa shape index (κ2) is 3.33. The maximum Gasteiger partial charge on any atom is 0.0482 e. The van der Waals surface area contributed by atoms with Crippen LogP contribution in [-0.4, -0.2) is 4.57 Å². The van der Waals surface area contributed by atoms with Crippen molar-refractivity contribution in [1.29, 1.82) is 0 Å². The standard InChI is InChI=1S/C13H15N/c1-10(2)8-12-9-11-6-4-5-7-13(11)14(12)3/h4-9H,1-3H3. The van der Waals surface area contributed by atoms with Gasteiger partial charge in [0.2, 0.25) is 0 Å². The molecule has 1 aromatic heterocycles. The van der Waals surface area contributed by atoms with E-state index >= 15 is 0 Å². The van der Waals surface area contributed by atoms with Crippen molar-refractivity contribution in [3.8, 4) is 0 Å². The Morgan fingerprint density at radius 2 is 1.93 bits per heavy atom. The van der Waals surface area contributed by atoms with Gasteiger partial charge in [-0.05, 0) is 32.1 Å². The number of hydrogen-bond donors (Lipinski definition) is 0. The van der Waals surface area contributed by atoms with E-state index in [-0.39, 0.29) is 0 Å². The van der Waals surface area contributed by atoms with Crippen molar-refractivity contribution >= 4 is 17.0 Å². The monoisotopic (exact) mass is 185 g/mol. The Kier molecular flexibility index (Phi) is 2.16. The molecule has 1 nitrogen and oxygen atoms in total. The number of rotatable bonds is 1. The van der Waals surface area contributed by atoms with Crippen molar-refractivity contribution in [2.45, 2.75) is 13.8 Å². The molecule has 0 unspecified atom stereocenters. The lowest BCUT2D eigenvalue weighted by atomic mass is 10.2. The molecule has 0 bridgehead atoms. The minimum atomic E-state index is 1.27. The van der Waals surface area contributed by atoms with Gasteiger partial charge < -0.3 is 4.57 Å². The van der Waals surface area contributed by atoms with Crippen LogP contribution in [0.2, 0.25) is 0 Å². The number of hydrogen-bond acceptors (Lipinski definition) is 0. The SMILES string of the molecule is CC(C)=Cc1cc2ccccc2n1C. The molecule has 0 fully saturated rings. The third-order valence-corrected chi connectivity index (χ3v) is 2.43. The summed E-state index contributed by atoms with van der Waals surface area (Å²) in [7, 11) is 2.11. The van der Waals surface area contributed by atoms with Crippen molar-refractivity contribution in [2.24, 2.45) is 7.05 Å². The second-order valence-corrected chi connectivity index (χ2v) is 3.91. The number of aryl methyl sites for hydroxylation is 1.